The maximum atomic E-state index is 10.9. The lowest BCUT2D eigenvalue weighted by atomic mass is 9.97. The third kappa shape index (κ3) is 5.57. The van der Waals surface area contributed by atoms with Crippen molar-refractivity contribution >= 4 is 5.97 Å². The van der Waals surface area contributed by atoms with E-state index in [4.69, 9.17) is 4.74 Å². The number of ether oxygens (including phenoxy) is 1. The lowest BCUT2D eigenvalue weighted by Crippen LogP contribution is -2.28. The van der Waals surface area contributed by atoms with Crippen LogP contribution in [0, 0.1) is 0 Å². The normalized spacial score (nSPS) is 14.0. The fraction of sp³-hybridized carbons (Fsp3) is 0.583. The van der Waals surface area contributed by atoms with Crippen LogP contribution >= 0.6 is 0 Å². The second kappa shape index (κ2) is 5.63. The van der Waals surface area contributed by atoms with Crippen molar-refractivity contribution in [3.8, 4) is 0 Å². The van der Waals surface area contributed by atoms with Crippen LogP contribution in [0.15, 0.2) is 24.3 Å². The average Bonchev–Trinajstić information content (AvgIpc) is 1.97. The van der Waals surface area contributed by atoms with Gasteiger partial charge in [-0.25, -0.2) is 0 Å². The van der Waals surface area contributed by atoms with Crippen LogP contribution in [-0.2, 0) is 9.53 Å². The summed E-state index contributed by atoms with van der Waals surface area (Å²) in [7, 11) is 0. The third-order valence-electron chi connectivity index (χ3n) is 1.82. The monoisotopic (exact) mass is 196 g/mol. The van der Waals surface area contributed by atoms with Gasteiger partial charge in [-0.1, -0.05) is 11.6 Å². The molecule has 1 atom stereocenters. The summed E-state index contributed by atoms with van der Waals surface area (Å²) >= 11 is 0. The van der Waals surface area contributed by atoms with E-state index >= 15 is 0 Å². The second-order valence-corrected chi connectivity index (χ2v) is 3.96. The summed E-state index contributed by atoms with van der Waals surface area (Å²) in [6, 6.07) is 0. The molecule has 0 heterocycles. The topological polar surface area (TPSA) is 26.3 Å². The summed E-state index contributed by atoms with van der Waals surface area (Å²) in [6.07, 6.45) is 5.44. The zero-order valence-electron chi connectivity index (χ0n) is 9.59. The highest BCUT2D eigenvalue weighted by Gasteiger charge is 2.23. The number of esters is 1. The van der Waals surface area contributed by atoms with Crippen molar-refractivity contribution in [2.75, 3.05) is 0 Å². The molecular formula is C12H20O2. The molecular weight excluding hydrogens is 176 g/mol. The number of hydrogen-bond acceptors (Lipinski definition) is 2. The number of hydrogen-bond donors (Lipinski definition) is 0. The van der Waals surface area contributed by atoms with Gasteiger partial charge in [-0.15, -0.1) is 6.58 Å². The van der Waals surface area contributed by atoms with Crippen LogP contribution in [0.25, 0.3) is 0 Å². The molecule has 0 spiro atoms. The molecule has 0 bridgehead atoms. The molecule has 0 saturated heterocycles. The van der Waals surface area contributed by atoms with E-state index in [-0.39, 0.29) is 5.97 Å². The summed E-state index contributed by atoms with van der Waals surface area (Å²) in [5.74, 6) is -0.242. The second-order valence-electron chi connectivity index (χ2n) is 3.96. The first-order valence-corrected chi connectivity index (χ1v) is 4.86. The fourth-order valence-corrected chi connectivity index (χ4v) is 1.48. The first-order chi connectivity index (χ1) is 6.39. The number of carbonyl (C=O) groups is 1. The van der Waals surface area contributed by atoms with Crippen LogP contribution in [0.2, 0.25) is 0 Å². The minimum Gasteiger partial charge on any atom is -0.455 e. The van der Waals surface area contributed by atoms with Crippen molar-refractivity contribution in [2.24, 2.45) is 0 Å². The maximum absolute atomic E-state index is 10.9. The predicted molar refractivity (Wildman–Crippen MR) is 59.0 cm³/mol. The van der Waals surface area contributed by atoms with Gasteiger partial charge in [-0.05, 0) is 39.7 Å². The Hall–Kier alpha value is -1.05. The van der Waals surface area contributed by atoms with Crippen molar-refractivity contribution in [1.29, 1.82) is 0 Å². The van der Waals surface area contributed by atoms with E-state index in [1.54, 1.807) is 0 Å². The zero-order chi connectivity index (χ0) is 11.2. The minimum atomic E-state index is -0.487. The number of allylic oxidation sites excluding steroid dienone is 2. The molecule has 1 unspecified atom stereocenters. The fourth-order valence-electron chi connectivity index (χ4n) is 1.48. The van der Waals surface area contributed by atoms with Crippen molar-refractivity contribution in [3.05, 3.63) is 24.3 Å². The molecule has 0 aromatic carbocycles. The number of rotatable bonds is 5. The Bertz CT molecular complexity index is 237. The van der Waals surface area contributed by atoms with E-state index in [2.05, 4.69) is 6.58 Å². The van der Waals surface area contributed by atoms with Crippen LogP contribution in [0.5, 0.6) is 0 Å². The van der Waals surface area contributed by atoms with Gasteiger partial charge in [-0.3, -0.25) is 4.79 Å². The van der Waals surface area contributed by atoms with Gasteiger partial charge in [-0.2, -0.15) is 0 Å². The van der Waals surface area contributed by atoms with Gasteiger partial charge in [0.05, 0.1) is 0 Å². The van der Waals surface area contributed by atoms with Gasteiger partial charge >= 0.3 is 5.97 Å². The molecule has 0 N–H and O–H groups in total. The molecule has 2 heteroatoms. The lowest BCUT2D eigenvalue weighted by Gasteiger charge is -2.26. The quantitative estimate of drug-likeness (QED) is 0.498. The Morgan fingerprint density at radius 3 is 2.36 bits per heavy atom. The Morgan fingerprint density at radius 2 is 2.00 bits per heavy atom. The molecule has 0 rings (SSSR count). The maximum Gasteiger partial charge on any atom is 0.303 e. The van der Waals surface area contributed by atoms with Gasteiger partial charge in [0, 0.05) is 6.92 Å². The Labute approximate surface area is 86.6 Å². The van der Waals surface area contributed by atoms with E-state index in [1.807, 2.05) is 32.9 Å². The van der Waals surface area contributed by atoms with Crippen molar-refractivity contribution in [2.45, 2.75) is 46.1 Å². The average molecular weight is 196 g/mol. The van der Waals surface area contributed by atoms with Crippen molar-refractivity contribution in [3.63, 3.8) is 0 Å². The van der Waals surface area contributed by atoms with Gasteiger partial charge in [0.2, 0.25) is 0 Å². The van der Waals surface area contributed by atoms with Crippen LogP contribution in [0.4, 0.5) is 0 Å². The molecule has 0 saturated carbocycles. The molecule has 0 aliphatic rings. The van der Waals surface area contributed by atoms with Crippen molar-refractivity contribution in [1.82, 2.24) is 0 Å². The molecule has 0 aliphatic carbocycles. The Morgan fingerprint density at radius 1 is 1.43 bits per heavy atom. The SMILES string of the molecule is C=CCCC(C)(C=C(C)C)OC(C)=O. The summed E-state index contributed by atoms with van der Waals surface area (Å²) in [4.78, 5) is 10.9. The van der Waals surface area contributed by atoms with Crippen LogP contribution in [0.1, 0.15) is 40.5 Å². The summed E-state index contributed by atoms with van der Waals surface area (Å²) in [5, 5.41) is 0. The molecule has 80 valence electrons. The molecule has 2 nitrogen and oxygen atoms in total. The Kier molecular flexibility index (Phi) is 5.21. The van der Waals surface area contributed by atoms with Crippen LogP contribution in [-0.4, -0.2) is 11.6 Å². The van der Waals surface area contributed by atoms with Gasteiger partial charge in [0.1, 0.15) is 5.60 Å². The molecule has 0 aliphatic heterocycles. The zero-order valence-corrected chi connectivity index (χ0v) is 9.59. The number of carbonyl (C=O) groups excluding carboxylic acids is 1. The summed E-state index contributed by atoms with van der Waals surface area (Å²) < 4.78 is 5.29. The van der Waals surface area contributed by atoms with E-state index in [1.165, 1.54) is 6.92 Å². The Balaban J connectivity index is 4.56. The lowest BCUT2D eigenvalue weighted by molar-refractivity contribution is -0.151. The smallest absolute Gasteiger partial charge is 0.303 e. The van der Waals surface area contributed by atoms with Gasteiger partial charge < -0.3 is 4.74 Å². The highest BCUT2D eigenvalue weighted by molar-refractivity contribution is 5.66. The van der Waals surface area contributed by atoms with E-state index in [0.29, 0.717) is 0 Å². The first kappa shape index (κ1) is 12.9. The van der Waals surface area contributed by atoms with Crippen LogP contribution in [0.3, 0.4) is 0 Å². The largest absolute Gasteiger partial charge is 0.455 e. The third-order valence-corrected chi connectivity index (χ3v) is 1.82. The molecule has 0 aromatic heterocycles. The molecule has 0 amide bonds. The summed E-state index contributed by atoms with van der Waals surface area (Å²) in [6.45, 7) is 11.0. The van der Waals surface area contributed by atoms with Crippen LogP contribution < -0.4 is 0 Å². The van der Waals surface area contributed by atoms with E-state index in [0.717, 1.165) is 18.4 Å². The highest BCUT2D eigenvalue weighted by Crippen LogP contribution is 2.21. The van der Waals surface area contributed by atoms with Gasteiger partial charge in [0.25, 0.3) is 0 Å². The molecule has 14 heavy (non-hydrogen) atoms. The molecule has 0 aromatic rings. The first-order valence-electron chi connectivity index (χ1n) is 4.86. The van der Waals surface area contributed by atoms with E-state index < -0.39 is 5.60 Å². The molecule has 0 fully saturated rings. The minimum absolute atomic E-state index is 0.242. The standard InChI is InChI=1S/C12H20O2/c1-6-7-8-12(5,9-10(2)3)14-11(4)13/h6,9H,1,7-8H2,2-5H3. The van der Waals surface area contributed by atoms with E-state index in [9.17, 15) is 4.79 Å². The molecule has 0 radical (unpaired) electrons. The van der Waals surface area contributed by atoms with Gasteiger partial charge in [0.15, 0.2) is 0 Å². The summed E-state index contributed by atoms with van der Waals surface area (Å²) in [5.41, 5.74) is 0.664. The highest BCUT2D eigenvalue weighted by atomic mass is 16.6. The van der Waals surface area contributed by atoms with Crippen molar-refractivity contribution < 1.29 is 9.53 Å². The predicted octanol–water partition coefficient (Wildman–Crippen LogP) is 3.24.